The molecule has 1 N–H and O–H groups in total. The lowest BCUT2D eigenvalue weighted by Crippen LogP contribution is -2.43. The van der Waals surface area contributed by atoms with Crippen molar-refractivity contribution in [1.29, 1.82) is 0 Å². The van der Waals surface area contributed by atoms with E-state index in [1.165, 1.54) is 19.0 Å². The Labute approximate surface area is 107 Å². The van der Waals surface area contributed by atoms with E-state index in [1.54, 1.807) is 4.68 Å². The van der Waals surface area contributed by atoms with E-state index in [2.05, 4.69) is 29.1 Å². The Morgan fingerprint density at radius 3 is 2.94 bits per heavy atom. The second-order valence-corrected chi connectivity index (χ2v) is 5.07. The molecule has 2 unspecified atom stereocenters. The number of carboxylic acids is 1. The molecule has 1 aromatic heterocycles. The van der Waals surface area contributed by atoms with E-state index < -0.39 is 5.97 Å². The molecule has 0 amide bonds. The molecule has 0 bridgehead atoms. The molecule has 6 nitrogen and oxygen atoms in total. The number of nitrogens with zero attached hydrogens (tertiary/aromatic N) is 4. The third-order valence-electron chi connectivity index (χ3n) is 3.88. The number of piperidine rings is 1. The van der Waals surface area contributed by atoms with Crippen molar-refractivity contribution >= 4 is 5.97 Å². The molecule has 0 aliphatic carbocycles. The Morgan fingerprint density at radius 2 is 2.28 bits per heavy atom. The first kappa shape index (κ1) is 13.0. The van der Waals surface area contributed by atoms with Crippen LogP contribution < -0.4 is 0 Å². The standard InChI is InChI=1S/C12H20N4O2/c1-9-4-3-5-15(10(9)2)6-7-16-8-11(12(17)18)13-14-16/h8-10H,3-7H2,1-2H3,(H,17,18). The van der Waals surface area contributed by atoms with Gasteiger partial charge in [-0.2, -0.15) is 0 Å². The smallest absolute Gasteiger partial charge is 0.358 e. The third-order valence-corrected chi connectivity index (χ3v) is 3.88. The number of hydrogen-bond acceptors (Lipinski definition) is 4. The molecule has 2 heterocycles. The van der Waals surface area contributed by atoms with Gasteiger partial charge >= 0.3 is 5.97 Å². The summed E-state index contributed by atoms with van der Waals surface area (Å²) in [5.41, 5.74) is 0.00932. The van der Waals surface area contributed by atoms with Gasteiger partial charge in [0.05, 0.1) is 12.7 Å². The van der Waals surface area contributed by atoms with Crippen molar-refractivity contribution in [3.63, 3.8) is 0 Å². The fourth-order valence-electron chi connectivity index (χ4n) is 2.47. The summed E-state index contributed by atoms with van der Waals surface area (Å²) in [5.74, 6) is -0.301. The van der Waals surface area contributed by atoms with Crippen LogP contribution in [0.15, 0.2) is 6.20 Å². The summed E-state index contributed by atoms with van der Waals surface area (Å²) in [7, 11) is 0. The van der Waals surface area contributed by atoms with Gasteiger partial charge in [-0.15, -0.1) is 5.10 Å². The van der Waals surface area contributed by atoms with E-state index >= 15 is 0 Å². The zero-order valence-electron chi connectivity index (χ0n) is 10.9. The first-order valence-electron chi connectivity index (χ1n) is 6.45. The first-order chi connectivity index (χ1) is 8.58. The van der Waals surface area contributed by atoms with Crippen LogP contribution in [0.5, 0.6) is 0 Å². The largest absolute Gasteiger partial charge is 0.476 e. The van der Waals surface area contributed by atoms with E-state index in [9.17, 15) is 4.79 Å². The van der Waals surface area contributed by atoms with E-state index in [0.29, 0.717) is 12.6 Å². The number of rotatable bonds is 4. The average Bonchev–Trinajstić information content (AvgIpc) is 2.80. The lowest BCUT2D eigenvalue weighted by atomic mass is 9.92. The summed E-state index contributed by atoms with van der Waals surface area (Å²) < 4.78 is 1.61. The van der Waals surface area contributed by atoms with Gasteiger partial charge in [-0.25, -0.2) is 4.79 Å². The van der Waals surface area contributed by atoms with Gasteiger partial charge in [0.25, 0.3) is 0 Å². The number of aromatic carboxylic acids is 1. The molecule has 1 aromatic rings. The highest BCUT2D eigenvalue weighted by molar-refractivity contribution is 5.84. The van der Waals surface area contributed by atoms with Crippen LogP contribution >= 0.6 is 0 Å². The summed E-state index contributed by atoms with van der Waals surface area (Å²) in [6.45, 7) is 7.25. The van der Waals surface area contributed by atoms with Crippen LogP contribution in [0, 0.1) is 5.92 Å². The molecule has 1 fully saturated rings. The summed E-state index contributed by atoms with van der Waals surface area (Å²) in [5, 5.41) is 16.2. The Kier molecular flexibility index (Phi) is 3.96. The maximum Gasteiger partial charge on any atom is 0.358 e. The molecule has 1 saturated heterocycles. The zero-order chi connectivity index (χ0) is 13.1. The highest BCUT2D eigenvalue weighted by atomic mass is 16.4. The predicted octanol–water partition coefficient (Wildman–Crippen LogP) is 1.10. The molecule has 18 heavy (non-hydrogen) atoms. The molecule has 0 saturated carbocycles. The maximum absolute atomic E-state index is 10.7. The van der Waals surface area contributed by atoms with E-state index in [1.807, 2.05) is 0 Å². The number of carboxylic acid groups (broad SMARTS) is 1. The Bertz CT molecular complexity index is 418. The SMILES string of the molecule is CC1CCCN(CCn2cc(C(=O)O)nn2)C1C. The monoisotopic (exact) mass is 252 g/mol. The summed E-state index contributed by atoms with van der Waals surface area (Å²) >= 11 is 0. The normalized spacial score (nSPS) is 25.2. The molecule has 1 aliphatic heterocycles. The minimum absolute atomic E-state index is 0.00932. The van der Waals surface area contributed by atoms with Gasteiger partial charge in [0.2, 0.25) is 0 Å². The summed E-state index contributed by atoms with van der Waals surface area (Å²) in [6.07, 6.45) is 4.02. The zero-order valence-corrected chi connectivity index (χ0v) is 10.9. The van der Waals surface area contributed by atoms with Gasteiger partial charge in [0, 0.05) is 12.6 Å². The predicted molar refractivity (Wildman–Crippen MR) is 66.4 cm³/mol. The number of likely N-dealkylation sites (tertiary alicyclic amines) is 1. The molecule has 1 aliphatic rings. The lowest BCUT2D eigenvalue weighted by Gasteiger charge is -2.37. The molecule has 100 valence electrons. The van der Waals surface area contributed by atoms with Crippen molar-refractivity contribution in [2.45, 2.75) is 39.3 Å². The quantitative estimate of drug-likeness (QED) is 0.868. The van der Waals surface area contributed by atoms with Crippen molar-refractivity contribution in [2.75, 3.05) is 13.1 Å². The highest BCUT2D eigenvalue weighted by Crippen LogP contribution is 2.22. The fraction of sp³-hybridized carbons (Fsp3) is 0.750. The molecular formula is C12H20N4O2. The van der Waals surface area contributed by atoms with Crippen molar-refractivity contribution < 1.29 is 9.90 Å². The van der Waals surface area contributed by atoms with Gasteiger partial charge < -0.3 is 5.11 Å². The van der Waals surface area contributed by atoms with E-state index in [-0.39, 0.29) is 5.69 Å². The van der Waals surface area contributed by atoms with Crippen molar-refractivity contribution in [2.24, 2.45) is 5.92 Å². The lowest BCUT2D eigenvalue weighted by molar-refractivity contribution is 0.0690. The average molecular weight is 252 g/mol. The number of aromatic nitrogens is 3. The molecule has 0 radical (unpaired) electrons. The first-order valence-corrected chi connectivity index (χ1v) is 6.45. The fourth-order valence-corrected chi connectivity index (χ4v) is 2.47. The summed E-state index contributed by atoms with van der Waals surface area (Å²) in [6, 6.07) is 0.584. The van der Waals surface area contributed by atoms with Crippen molar-refractivity contribution in [3.8, 4) is 0 Å². The molecule has 2 rings (SSSR count). The van der Waals surface area contributed by atoms with Crippen LogP contribution in [-0.2, 0) is 6.54 Å². The molecule has 0 aromatic carbocycles. The molecule has 6 heteroatoms. The minimum atomic E-state index is -1.03. The van der Waals surface area contributed by atoms with E-state index in [0.717, 1.165) is 19.0 Å². The Hall–Kier alpha value is -1.43. The topological polar surface area (TPSA) is 71.2 Å². The van der Waals surface area contributed by atoms with Crippen LogP contribution in [0.3, 0.4) is 0 Å². The molecule has 0 spiro atoms. The third kappa shape index (κ3) is 2.87. The van der Waals surface area contributed by atoms with Gasteiger partial charge in [-0.05, 0) is 32.2 Å². The van der Waals surface area contributed by atoms with Gasteiger partial charge in [0.15, 0.2) is 5.69 Å². The van der Waals surface area contributed by atoms with Crippen molar-refractivity contribution in [3.05, 3.63) is 11.9 Å². The van der Waals surface area contributed by atoms with Crippen molar-refractivity contribution in [1.82, 2.24) is 19.9 Å². The number of carbonyl (C=O) groups is 1. The van der Waals surface area contributed by atoms with Crippen LogP contribution in [0.4, 0.5) is 0 Å². The minimum Gasteiger partial charge on any atom is -0.476 e. The van der Waals surface area contributed by atoms with Crippen LogP contribution in [0.1, 0.15) is 37.2 Å². The highest BCUT2D eigenvalue weighted by Gasteiger charge is 2.24. The van der Waals surface area contributed by atoms with Crippen LogP contribution in [0.25, 0.3) is 0 Å². The number of hydrogen-bond donors (Lipinski definition) is 1. The summed E-state index contributed by atoms with van der Waals surface area (Å²) in [4.78, 5) is 13.1. The van der Waals surface area contributed by atoms with Gasteiger partial charge in [-0.1, -0.05) is 12.1 Å². The van der Waals surface area contributed by atoms with Crippen LogP contribution in [-0.4, -0.2) is 50.1 Å². The second-order valence-electron chi connectivity index (χ2n) is 5.07. The second kappa shape index (κ2) is 5.48. The van der Waals surface area contributed by atoms with Gasteiger partial charge in [-0.3, -0.25) is 9.58 Å². The van der Waals surface area contributed by atoms with E-state index in [4.69, 9.17) is 5.11 Å². The van der Waals surface area contributed by atoms with Crippen LogP contribution in [0.2, 0.25) is 0 Å². The molecule has 2 atom stereocenters. The Morgan fingerprint density at radius 1 is 1.50 bits per heavy atom. The Balaban J connectivity index is 1.88. The van der Waals surface area contributed by atoms with Gasteiger partial charge in [0.1, 0.15) is 0 Å². The molecular weight excluding hydrogens is 232 g/mol. The maximum atomic E-state index is 10.7.